The van der Waals surface area contributed by atoms with Crippen LogP contribution in [0.25, 0.3) is 0 Å². The van der Waals surface area contributed by atoms with E-state index in [1.54, 1.807) is 0 Å². The van der Waals surface area contributed by atoms with Gasteiger partial charge in [0.15, 0.2) is 0 Å². The molecule has 1 rings (SSSR count). The van der Waals surface area contributed by atoms with Gasteiger partial charge in [-0.05, 0) is 0 Å². The van der Waals surface area contributed by atoms with Crippen LogP contribution in [0.15, 0.2) is 21.6 Å². The van der Waals surface area contributed by atoms with Gasteiger partial charge in [0.1, 0.15) is 0 Å². The molecule has 1 aliphatic rings. The monoisotopic (exact) mass is 304 g/mol. The zero-order valence-electron chi connectivity index (χ0n) is 13.0. The van der Waals surface area contributed by atoms with E-state index in [1.165, 1.54) is 9.45 Å². The van der Waals surface area contributed by atoms with Gasteiger partial charge in [0.05, 0.1) is 0 Å². The van der Waals surface area contributed by atoms with Crippen molar-refractivity contribution in [1.82, 2.24) is 0 Å². The molecule has 0 atom stereocenters. The van der Waals surface area contributed by atoms with Gasteiger partial charge >= 0.3 is 123 Å². The molecule has 0 spiro atoms. The van der Waals surface area contributed by atoms with Crippen LogP contribution < -0.4 is 0 Å². The Bertz CT molecular complexity index is 317. The molecule has 0 aliphatic heterocycles. The molecular weight excluding hydrogens is 276 g/mol. The van der Waals surface area contributed by atoms with Crippen LogP contribution >= 0.6 is 0 Å². The summed E-state index contributed by atoms with van der Waals surface area (Å²) in [5.74, 6) is 0.637. The molecule has 0 N–H and O–H groups in total. The van der Waals surface area contributed by atoms with Crippen molar-refractivity contribution in [3.05, 3.63) is 21.6 Å². The number of hydrogen-bond acceptors (Lipinski definition) is 3. The molecule has 0 saturated carbocycles. The van der Waals surface area contributed by atoms with Gasteiger partial charge in [0.2, 0.25) is 0 Å². The molecule has 0 bridgehead atoms. The van der Waals surface area contributed by atoms with E-state index in [4.69, 9.17) is 9.96 Å². The molecule has 0 aromatic carbocycles. The van der Waals surface area contributed by atoms with E-state index in [9.17, 15) is 0 Å². The Morgan fingerprint density at radius 1 is 1.05 bits per heavy atom. The van der Waals surface area contributed by atoms with E-state index >= 15 is 0 Å². The molecule has 0 unspecified atom stereocenters. The summed E-state index contributed by atoms with van der Waals surface area (Å²) < 4.78 is 19.5. The topological polar surface area (TPSA) is 27.7 Å². The first-order valence-corrected chi connectivity index (χ1v) is 10.1. The number of allylic oxidation sites excluding steroid dienone is 4. The van der Waals surface area contributed by atoms with Crippen molar-refractivity contribution in [1.29, 1.82) is 0 Å². The minimum absolute atomic E-state index is 0.637. The molecule has 0 aromatic heterocycles. The minimum atomic E-state index is -3.26. The van der Waals surface area contributed by atoms with E-state index in [0.717, 1.165) is 12.8 Å². The van der Waals surface area contributed by atoms with Gasteiger partial charge in [-0.25, -0.2) is 0 Å². The van der Waals surface area contributed by atoms with Crippen molar-refractivity contribution in [2.24, 2.45) is 5.92 Å². The second-order valence-corrected chi connectivity index (χ2v) is 9.10. The predicted octanol–water partition coefficient (Wildman–Crippen LogP) is 4.25. The van der Waals surface area contributed by atoms with Gasteiger partial charge in [-0.15, -0.1) is 0 Å². The van der Waals surface area contributed by atoms with Crippen molar-refractivity contribution in [3.63, 3.8) is 0 Å². The second-order valence-electron chi connectivity index (χ2n) is 5.06. The number of rotatable bonds is 9. The first-order valence-electron chi connectivity index (χ1n) is 7.40. The molecule has 0 saturated heterocycles. The normalized spacial score (nSPS) is 15.9. The van der Waals surface area contributed by atoms with Crippen LogP contribution in [0.1, 0.15) is 47.5 Å². The van der Waals surface area contributed by atoms with Gasteiger partial charge in [0.25, 0.3) is 0 Å². The van der Waals surface area contributed by atoms with Crippen LogP contribution in [0.2, 0.25) is 0 Å². The Morgan fingerprint density at radius 2 is 1.58 bits per heavy atom. The third-order valence-corrected chi connectivity index (χ3v) is 8.14. The van der Waals surface area contributed by atoms with E-state index in [1.807, 2.05) is 20.8 Å². The Kier molecular flexibility index (Phi) is 7.55. The van der Waals surface area contributed by atoms with Crippen LogP contribution in [0, 0.1) is 5.92 Å². The van der Waals surface area contributed by atoms with Crippen LogP contribution in [0.4, 0.5) is 0 Å². The molecule has 0 heterocycles. The average Bonchev–Trinajstić information content (AvgIpc) is 2.77. The van der Waals surface area contributed by atoms with Crippen LogP contribution in [-0.4, -0.2) is 19.8 Å². The molecule has 110 valence electrons. The van der Waals surface area contributed by atoms with Crippen molar-refractivity contribution in [2.45, 2.75) is 47.5 Å². The predicted molar refractivity (Wildman–Crippen MR) is 75.1 cm³/mol. The summed E-state index contributed by atoms with van der Waals surface area (Å²) >= 11 is -3.26. The third-order valence-electron chi connectivity index (χ3n) is 3.03. The Morgan fingerprint density at radius 3 is 2.00 bits per heavy atom. The fourth-order valence-corrected chi connectivity index (χ4v) is 6.92. The molecule has 0 fully saturated rings. The zero-order chi connectivity index (χ0) is 14.3. The van der Waals surface area contributed by atoms with Gasteiger partial charge in [-0.1, -0.05) is 0 Å². The molecule has 0 radical (unpaired) electrons. The summed E-state index contributed by atoms with van der Waals surface area (Å²) in [5.41, 5.74) is 1.38. The van der Waals surface area contributed by atoms with E-state index < -0.39 is 17.8 Å². The van der Waals surface area contributed by atoms with E-state index in [-0.39, 0.29) is 0 Å². The van der Waals surface area contributed by atoms with Crippen LogP contribution in [-0.2, 0) is 27.7 Å². The van der Waals surface area contributed by atoms with Crippen LogP contribution in [0.5, 0.6) is 0 Å². The van der Waals surface area contributed by atoms with Crippen molar-refractivity contribution in [2.75, 3.05) is 19.8 Å². The van der Waals surface area contributed by atoms with Crippen molar-refractivity contribution in [3.8, 4) is 0 Å². The molecular formula is C15H28O3Ti. The molecule has 0 aromatic rings. The first kappa shape index (κ1) is 17.1. The standard InChI is InChI=1S/C9H13.3C2H5O.Ti/c1-8(2)7-9-5-3-4-6-9;3*1-2-3;/h3,5,8H,4,7H2,1-2H3;3*2H2,1H3;/q;3*-1;+3. The van der Waals surface area contributed by atoms with Gasteiger partial charge in [-0.2, -0.15) is 0 Å². The molecule has 19 heavy (non-hydrogen) atoms. The third kappa shape index (κ3) is 4.54. The molecule has 4 heteroatoms. The zero-order valence-corrected chi connectivity index (χ0v) is 14.6. The Balaban J connectivity index is 3.06. The molecule has 3 nitrogen and oxygen atoms in total. The Hall–Kier alpha value is 0.0743. The van der Waals surface area contributed by atoms with Gasteiger partial charge < -0.3 is 0 Å². The summed E-state index contributed by atoms with van der Waals surface area (Å²) in [7, 11) is 0. The summed E-state index contributed by atoms with van der Waals surface area (Å²) in [4.78, 5) is 0. The van der Waals surface area contributed by atoms with Crippen LogP contribution in [0.3, 0.4) is 0 Å². The summed E-state index contributed by atoms with van der Waals surface area (Å²) in [6, 6.07) is 0. The Labute approximate surface area is 122 Å². The number of hydrogen-bond donors (Lipinski definition) is 0. The van der Waals surface area contributed by atoms with Crippen molar-refractivity contribution >= 4 is 0 Å². The maximum atomic E-state index is 6.05. The molecule has 1 aliphatic carbocycles. The van der Waals surface area contributed by atoms with Crippen molar-refractivity contribution < 1.29 is 27.7 Å². The summed E-state index contributed by atoms with van der Waals surface area (Å²) in [6.45, 7) is 12.5. The van der Waals surface area contributed by atoms with Gasteiger partial charge in [0, 0.05) is 0 Å². The molecule has 0 amide bonds. The maximum absolute atomic E-state index is 6.05. The van der Waals surface area contributed by atoms with Gasteiger partial charge in [-0.3, -0.25) is 0 Å². The second kappa shape index (κ2) is 8.38. The average molecular weight is 304 g/mol. The fourth-order valence-electron chi connectivity index (χ4n) is 2.46. The SMILES string of the molecule is CC[O][Ti]([O]CC)([O]CC)[C]1=C(CC(C)C)C=CC1. The first-order chi connectivity index (χ1) is 9.09. The quantitative estimate of drug-likeness (QED) is 0.596. The van der Waals surface area contributed by atoms with E-state index in [0.29, 0.717) is 25.7 Å². The summed E-state index contributed by atoms with van der Waals surface area (Å²) in [6.07, 6.45) is 6.45. The fraction of sp³-hybridized carbons (Fsp3) is 0.733. The van der Waals surface area contributed by atoms with E-state index in [2.05, 4.69) is 26.0 Å². The summed E-state index contributed by atoms with van der Waals surface area (Å²) in [5, 5.41) is 0.